The predicted molar refractivity (Wildman–Crippen MR) is 53.7 cm³/mol. The molecular formula is C8H10BrFN2. The van der Waals surface area contributed by atoms with Gasteiger partial charge in [0.2, 0.25) is 0 Å². The molecule has 12 heavy (non-hydrogen) atoms. The molecule has 0 aliphatic heterocycles. The van der Waals surface area contributed by atoms with E-state index in [9.17, 15) is 4.39 Å². The summed E-state index contributed by atoms with van der Waals surface area (Å²) >= 11 is 0. The minimum absolute atomic E-state index is 0. The number of amidine groups is 1. The Balaban J connectivity index is 0.00000121. The average molecular weight is 233 g/mol. The predicted octanol–water partition coefficient (Wildman–Crippen LogP) is 2.41. The van der Waals surface area contributed by atoms with Crippen molar-refractivity contribution in [2.75, 3.05) is 0 Å². The van der Waals surface area contributed by atoms with Crippen LogP contribution in [-0.4, -0.2) is 5.84 Å². The van der Waals surface area contributed by atoms with E-state index in [0.29, 0.717) is 11.5 Å². The van der Waals surface area contributed by atoms with Gasteiger partial charge in [0.05, 0.1) is 11.5 Å². The van der Waals surface area contributed by atoms with Gasteiger partial charge in [0.15, 0.2) is 0 Å². The lowest BCUT2D eigenvalue weighted by molar-refractivity contribution is 0.628. The molecule has 0 aliphatic carbocycles. The molecule has 0 unspecified atom stereocenters. The van der Waals surface area contributed by atoms with E-state index in [0.717, 1.165) is 0 Å². The van der Waals surface area contributed by atoms with Crippen LogP contribution >= 0.6 is 17.0 Å². The topological polar surface area (TPSA) is 38.4 Å². The number of benzene rings is 1. The molecule has 0 amide bonds. The van der Waals surface area contributed by atoms with Gasteiger partial charge in [0.25, 0.3) is 0 Å². The Morgan fingerprint density at radius 2 is 1.83 bits per heavy atom. The fourth-order valence-corrected chi connectivity index (χ4v) is 0.719. The van der Waals surface area contributed by atoms with Gasteiger partial charge in [0.1, 0.15) is 5.82 Å². The Morgan fingerprint density at radius 3 is 2.25 bits per heavy atom. The molecule has 2 nitrogen and oxygen atoms in total. The number of hydrogen-bond donors (Lipinski definition) is 1. The van der Waals surface area contributed by atoms with E-state index < -0.39 is 0 Å². The highest BCUT2D eigenvalue weighted by molar-refractivity contribution is 8.93. The van der Waals surface area contributed by atoms with Crippen molar-refractivity contribution in [2.24, 2.45) is 10.7 Å². The molecule has 4 heteroatoms. The molecule has 0 saturated carbocycles. The lowest BCUT2D eigenvalue weighted by Crippen LogP contribution is -2.03. The van der Waals surface area contributed by atoms with Crippen molar-refractivity contribution < 1.29 is 4.39 Å². The summed E-state index contributed by atoms with van der Waals surface area (Å²) < 4.78 is 12.3. The summed E-state index contributed by atoms with van der Waals surface area (Å²) in [6.07, 6.45) is 0. The maximum absolute atomic E-state index is 12.3. The Morgan fingerprint density at radius 1 is 1.33 bits per heavy atom. The first-order valence-electron chi connectivity index (χ1n) is 3.25. The van der Waals surface area contributed by atoms with E-state index >= 15 is 0 Å². The molecule has 0 spiro atoms. The van der Waals surface area contributed by atoms with Crippen molar-refractivity contribution in [2.45, 2.75) is 6.92 Å². The Kier molecular flexibility index (Phi) is 4.51. The van der Waals surface area contributed by atoms with E-state index in [2.05, 4.69) is 4.99 Å². The van der Waals surface area contributed by atoms with Gasteiger partial charge >= 0.3 is 0 Å². The lowest BCUT2D eigenvalue weighted by atomic mass is 10.3. The molecule has 1 aromatic carbocycles. The normalized spacial score (nSPS) is 10.7. The lowest BCUT2D eigenvalue weighted by Gasteiger charge is -1.93. The smallest absolute Gasteiger partial charge is 0.123 e. The third-order valence-electron chi connectivity index (χ3n) is 1.13. The van der Waals surface area contributed by atoms with Gasteiger partial charge in [-0.3, -0.25) is 0 Å². The van der Waals surface area contributed by atoms with Gasteiger partial charge < -0.3 is 5.73 Å². The first-order chi connectivity index (χ1) is 5.18. The van der Waals surface area contributed by atoms with Gasteiger partial charge in [-0.2, -0.15) is 0 Å². The Labute approximate surface area is 81.1 Å². The zero-order valence-electron chi connectivity index (χ0n) is 6.62. The van der Waals surface area contributed by atoms with Crippen molar-refractivity contribution >= 4 is 28.5 Å². The zero-order valence-corrected chi connectivity index (χ0v) is 8.33. The number of nitrogens with zero attached hydrogens (tertiary/aromatic N) is 1. The van der Waals surface area contributed by atoms with Gasteiger partial charge in [-0.1, -0.05) is 0 Å². The fourth-order valence-electron chi connectivity index (χ4n) is 0.719. The maximum atomic E-state index is 12.3. The molecule has 0 bridgehead atoms. The van der Waals surface area contributed by atoms with Crippen LogP contribution in [0, 0.1) is 5.82 Å². The van der Waals surface area contributed by atoms with Crippen molar-refractivity contribution in [3.63, 3.8) is 0 Å². The molecule has 66 valence electrons. The van der Waals surface area contributed by atoms with E-state index in [1.54, 1.807) is 19.1 Å². The molecule has 0 fully saturated rings. The summed E-state index contributed by atoms with van der Waals surface area (Å²) in [6, 6.07) is 5.85. The molecule has 1 rings (SSSR count). The molecule has 0 heterocycles. The summed E-state index contributed by atoms with van der Waals surface area (Å²) in [5, 5.41) is 0. The van der Waals surface area contributed by atoms with Crippen molar-refractivity contribution in [3.8, 4) is 0 Å². The Bertz CT molecular complexity index is 265. The number of nitrogens with two attached hydrogens (primary N) is 1. The van der Waals surface area contributed by atoms with E-state index in [4.69, 9.17) is 5.73 Å². The van der Waals surface area contributed by atoms with Gasteiger partial charge in [-0.15, -0.1) is 17.0 Å². The van der Waals surface area contributed by atoms with E-state index in [-0.39, 0.29) is 22.8 Å². The van der Waals surface area contributed by atoms with Gasteiger partial charge in [0, 0.05) is 0 Å². The number of halogens is 2. The van der Waals surface area contributed by atoms with Crippen molar-refractivity contribution in [1.29, 1.82) is 0 Å². The van der Waals surface area contributed by atoms with Crippen LogP contribution in [0.25, 0.3) is 0 Å². The number of hydrogen-bond acceptors (Lipinski definition) is 1. The molecule has 2 N–H and O–H groups in total. The first-order valence-corrected chi connectivity index (χ1v) is 3.25. The largest absolute Gasteiger partial charge is 0.387 e. The van der Waals surface area contributed by atoms with Crippen LogP contribution in [0.15, 0.2) is 29.3 Å². The van der Waals surface area contributed by atoms with Crippen LogP contribution in [0.2, 0.25) is 0 Å². The van der Waals surface area contributed by atoms with Gasteiger partial charge in [-0.25, -0.2) is 9.38 Å². The minimum Gasteiger partial charge on any atom is -0.387 e. The number of aliphatic imine (C=N–C) groups is 1. The molecule has 0 aromatic heterocycles. The van der Waals surface area contributed by atoms with Crippen LogP contribution in [0.5, 0.6) is 0 Å². The van der Waals surface area contributed by atoms with Crippen molar-refractivity contribution in [3.05, 3.63) is 30.1 Å². The third-order valence-corrected chi connectivity index (χ3v) is 1.13. The zero-order chi connectivity index (χ0) is 8.27. The SMILES string of the molecule is Br.CC(N)=Nc1ccc(F)cc1. The highest BCUT2D eigenvalue weighted by Crippen LogP contribution is 2.11. The highest BCUT2D eigenvalue weighted by atomic mass is 79.9. The molecule has 0 aliphatic rings. The van der Waals surface area contributed by atoms with Crippen LogP contribution in [0.3, 0.4) is 0 Å². The van der Waals surface area contributed by atoms with E-state index in [1.165, 1.54) is 12.1 Å². The first kappa shape index (κ1) is 11.1. The van der Waals surface area contributed by atoms with Crippen LogP contribution in [0.4, 0.5) is 10.1 Å². The Hall–Kier alpha value is -0.900. The molecule has 1 aromatic rings. The van der Waals surface area contributed by atoms with E-state index in [1.807, 2.05) is 0 Å². The standard InChI is InChI=1S/C8H9FN2.BrH/c1-6(10)11-8-4-2-7(9)3-5-8;/h2-5H,1H3,(H2,10,11);1H. The molecule has 0 atom stereocenters. The second kappa shape index (κ2) is 4.87. The highest BCUT2D eigenvalue weighted by Gasteiger charge is 1.89. The average Bonchev–Trinajstić information content (AvgIpc) is 1.93. The summed E-state index contributed by atoms with van der Waals surface area (Å²) in [4.78, 5) is 3.93. The van der Waals surface area contributed by atoms with Crippen LogP contribution < -0.4 is 5.73 Å². The van der Waals surface area contributed by atoms with Crippen molar-refractivity contribution in [1.82, 2.24) is 0 Å². The second-order valence-corrected chi connectivity index (χ2v) is 2.23. The summed E-state index contributed by atoms with van der Waals surface area (Å²) in [5.74, 6) is 0.204. The fraction of sp³-hybridized carbons (Fsp3) is 0.125. The summed E-state index contributed by atoms with van der Waals surface area (Å²) in [6.45, 7) is 1.68. The summed E-state index contributed by atoms with van der Waals surface area (Å²) in [5.41, 5.74) is 5.99. The van der Waals surface area contributed by atoms with Crippen LogP contribution in [-0.2, 0) is 0 Å². The summed E-state index contributed by atoms with van der Waals surface area (Å²) in [7, 11) is 0. The van der Waals surface area contributed by atoms with Gasteiger partial charge in [-0.05, 0) is 31.2 Å². The monoisotopic (exact) mass is 232 g/mol. The number of rotatable bonds is 1. The third kappa shape index (κ3) is 3.48. The minimum atomic E-state index is -0.265. The molecule has 0 saturated heterocycles. The maximum Gasteiger partial charge on any atom is 0.123 e. The second-order valence-electron chi connectivity index (χ2n) is 2.23. The molecule has 0 radical (unpaired) electrons. The molecular weight excluding hydrogens is 223 g/mol. The quantitative estimate of drug-likeness (QED) is 0.587. The van der Waals surface area contributed by atoms with Crippen LogP contribution in [0.1, 0.15) is 6.92 Å².